The van der Waals surface area contributed by atoms with Crippen LogP contribution in [-0.2, 0) is 13.0 Å². The van der Waals surface area contributed by atoms with E-state index in [-0.39, 0.29) is 0 Å². The standard InChI is InChI=1S/C15H20BrN3O2/c1-2-20-14-10-12(3-4-17)9-13(16)15(14)21-8-7-19-6-5-18-11-19/h5-6,9-11H,2-4,7-8,17H2,1H3. The number of halogens is 1. The van der Waals surface area contributed by atoms with Crippen LogP contribution in [-0.4, -0.2) is 29.3 Å². The molecule has 5 nitrogen and oxygen atoms in total. The largest absolute Gasteiger partial charge is 0.490 e. The van der Waals surface area contributed by atoms with Gasteiger partial charge in [0.2, 0.25) is 0 Å². The smallest absolute Gasteiger partial charge is 0.175 e. The number of benzene rings is 1. The Balaban J connectivity index is 2.08. The lowest BCUT2D eigenvalue weighted by Crippen LogP contribution is -2.09. The number of ether oxygens (including phenoxy) is 2. The third-order valence-corrected chi connectivity index (χ3v) is 3.55. The van der Waals surface area contributed by atoms with E-state index in [0.717, 1.165) is 34.5 Å². The van der Waals surface area contributed by atoms with E-state index in [0.29, 0.717) is 19.8 Å². The normalized spacial score (nSPS) is 10.6. The molecule has 0 amide bonds. The Bertz CT molecular complexity index is 558. The molecule has 0 aliphatic rings. The summed E-state index contributed by atoms with van der Waals surface area (Å²) in [7, 11) is 0. The van der Waals surface area contributed by atoms with Gasteiger partial charge in [-0.25, -0.2) is 4.98 Å². The van der Waals surface area contributed by atoms with Crippen LogP contribution in [0.25, 0.3) is 0 Å². The molecule has 0 aliphatic carbocycles. The molecule has 0 aliphatic heterocycles. The van der Waals surface area contributed by atoms with E-state index in [1.165, 1.54) is 0 Å². The van der Waals surface area contributed by atoms with E-state index in [4.69, 9.17) is 15.2 Å². The van der Waals surface area contributed by atoms with Gasteiger partial charge in [0, 0.05) is 12.4 Å². The summed E-state index contributed by atoms with van der Waals surface area (Å²) >= 11 is 3.55. The highest BCUT2D eigenvalue weighted by Crippen LogP contribution is 2.37. The van der Waals surface area contributed by atoms with Crippen molar-refractivity contribution < 1.29 is 9.47 Å². The summed E-state index contributed by atoms with van der Waals surface area (Å²) in [6, 6.07) is 4.02. The molecule has 0 saturated heterocycles. The van der Waals surface area contributed by atoms with E-state index in [1.807, 2.05) is 29.8 Å². The zero-order valence-electron chi connectivity index (χ0n) is 12.1. The van der Waals surface area contributed by atoms with Gasteiger partial charge >= 0.3 is 0 Å². The number of hydrogen-bond donors (Lipinski definition) is 1. The molecule has 2 aromatic rings. The maximum Gasteiger partial charge on any atom is 0.175 e. The molecule has 0 fully saturated rings. The van der Waals surface area contributed by atoms with Gasteiger partial charge in [-0.1, -0.05) is 0 Å². The SMILES string of the molecule is CCOc1cc(CCN)cc(Br)c1OCCn1ccnc1. The zero-order chi connectivity index (χ0) is 15.1. The minimum absolute atomic E-state index is 0.547. The van der Waals surface area contributed by atoms with Crippen molar-refractivity contribution in [1.82, 2.24) is 9.55 Å². The molecule has 0 saturated carbocycles. The van der Waals surface area contributed by atoms with Gasteiger partial charge in [0.25, 0.3) is 0 Å². The van der Waals surface area contributed by atoms with E-state index in [9.17, 15) is 0 Å². The third kappa shape index (κ3) is 4.47. The van der Waals surface area contributed by atoms with Gasteiger partial charge in [-0.05, 0) is 53.5 Å². The van der Waals surface area contributed by atoms with E-state index in [2.05, 4.69) is 20.9 Å². The second-order valence-electron chi connectivity index (χ2n) is 4.53. The van der Waals surface area contributed by atoms with Gasteiger partial charge in [0.1, 0.15) is 6.61 Å². The van der Waals surface area contributed by atoms with E-state index in [1.54, 1.807) is 12.5 Å². The average Bonchev–Trinajstić information content (AvgIpc) is 2.95. The Kier molecular flexibility index (Phi) is 6.07. The molecule has 0 radical (unpaired) electrons. The van der Waals surface area contributed by atoms with Crippen LogP contribution in [0.3, 0.4) is 0 Å². The van der Waals surface area contributed by atoms with E-state index < -0.39 is 0 Å². The first-order valence-electron chi connectivity index (χ1n) is 6.98. The average molecular weight is 354 g/mol. The minimum atomic E-state index is 0.547. The quantitative estimate of drug-likeness (QED) is 0.792. The number of nitrogens with two attached hydrogens (primary N) is 1. The molecule has 1 aromatic carbocycles. The topological polar surface area (TPSA) is 62.3 Å². The van der Waals surface area contributed by atoms with Gasteiger partial charge < -0.3 is 19.8 Å². The monoisotopic (exact) mass is 353 g/mol. The lowest BCUT2D eigenvalue weighted by atomic mass is 10.1. The lowest BCUT2D eigenvalue weighted by Gasteiger charge is -2.15. The van der Waals surface area contributed by atoms with Gasteiger partial charge in [-0.3, -0.25) is 0 Å². The first kappa shape index (κ1) is 15.9. The Labute approximate surface area is 133 Å². The maximum atomic E-state index is 5.88. The van der Waals surface area contributed by atoms with Gasteiger partial charge in [0.15, 0.2) is 11.5 Å². The molecule has 0 unspecified atom stereocenters. The van der Waals surface area contributed by atoms with Crippen molar-refractivity contribution in [3.05, 3.63) is 40.9 Å². The number of nitrogens with zero attached hydrogens (tertiary/aromatic N) is 2. The van der Waals surface area contributed by atoms with Crippen molar-refractivity contribution in [3.8, 4) is 11.5 Å². The van der Waals surface area contributed by atoms with Crippen molar-refractivity contribution in [2.24, 2.45) is 5.73 Å². The summed E-state index contributed by atoms with van der Waals surface area (Å²) in [6.07, 6.45) is 6.25. The highest BCUT2D eigenvalue weighted by molar-refractivity contribution is 9.10. The molecule has 0 spiro atoms. The predicted octanol–water partition coefficient (Wildman–Crippen LogP) is 2.62. The first-order chi connectivity index (χ1) is 10.2. The number of hydrogen-bond acceptors (Lipinski definition) is 4. The van der Waals surface area contributed by atoms with Crippen LogP contribution in [0, 0.1) is 0 Å². The Hall–Kier alpha value is -1.53. The fourth-order valence-corrected chi connectivity index (χ4v) is 2.61. The van der Waals surface area contributed by atoms with Gasteiger partial charge in [0.05, 0.1) is 24.0 Å². The molecule has 6 heteroatoms. The van der Waals surface area contributed by atoms with E-state index >= 15 is 0 Å². The summed E-state index contributed by atoms with van der Waals surface area (Å²) in [5.41, 5.74) is 6.75. The fraction of sp³-hybridized carbons (Fsp3) is 0.400. The van der Waals surface area contributed by atoms with Gasteiger partial charge in [-0.15, -0.1) is 0 Å². The van der Waals surface area contributed by atoms with Crippen molar-refractivity contribution in [2.45, 2.75) is 19.9 Å². The Morgan fingerprint density at radius 3 is 2.86 bits per heavy atom. The molecular formula is C15H20BrN3O2. The minimum Gasteiger partial charge on any atom is -0.490 e. The molecule has 21 heavy (non-hydrogen) atoms. The van der Waals surface area contributed by atoms with Crippen LogP contribution < -0.4 is 15.2 Å². The molecule has 2 N–H and O–H groups in total. The van der Waals surface area contributed by atoms with Crippen LogP contribution in [0.5, 0.6) is 11.5 Å². The highest BCUT2D eigenvalue weighted by Gasteiger charge is 2.12. The van der Waals surface area contributed by atoms with Crippen LogP contribution in [0.2, 0.25) is 0 Å². The molecule has 0 bridgehead atoms. The zero-order valence-corrected chi connectivity index (χ0v) is 13.7. The molecule has 1 aromatic heterocycles. The summed E-state index contributed by atoms with van der Waals surface area (Å²) in [5, 5.41) is 0. The van der Waals surface area contributed by atoms with Crippen molar-refractivity contribution in [2.75, 3.05) is 19.8 Å². The van der Waals surface area contributed by atoms with Crippen LogP contribution >= 0.6 is 15.9 Å². The second kappa shape index (κ2) is 8.05. The van der Waals surface area contributed by atoms with Gasteiger partial charge in [-0.2, -0.15) is 0 Å². The Morgan fingerprint density at radius 2 is 2.19 bits per heavy atom. The Morgan fingerprint density at radius 1 is 1.33 bits per heavy atom. The summed E-state index contributed by atoms with van der Waals surface area (Å²) in [5.74, 6) is 1.48. The summed E-state index contributed by atoms with van der Waals surface area (Å²) in [4.78, 5) is 4.01. The molecule has 0 atom stereocenters. The molecular weight excluding hydrogens is 334 g/mol. The molecule has 114 valence electrons. The fourth-order valence-electron chi connectivity index (χ4n) is 2.01. The number of imidazole rings is 1. The summed E-state index contributed by atoms with van der Waals surface area (Å²) < 4.78 is 14.4. The molecule has 1 heterocycles. The maximum absolute atomic E-state index is 5.88. The number of aromatic nitrogens is 2. The number of rotatable bonds is 8. The van der Waals surface area contributed by atoms with Crippen LogP contribution in [0.1, 0.15) is 12.5 Å². The van der Waals surface area contributed by atoms with Crippen molar-refractivity contribution in [1.29, 1.82) is 0 Å². The van der Waals surface area contributed by atoms with Crippen molar-refractivity contribution in [3.63, 3.8) is 0 Å². The second-order valence-corrected chi connectivity index (χ2v) is 5.38. The summed E-state index contributed by atoms with van der Waals surface area (Å²) in [6.45, 7) is 4.45. The van der Waals surface area contributed by atoms with Crippen LogP contribution in [0.4, 0.5) is 0 Å². The molecule has 2 rings (SSSR count). The third-order valence-electron chi connectivity index (χ3n) is 2.96. The lowest BCUT2D eigenvalue weighted by molar-refractivity contribution is 0.264. The van der Waals surface area contributed by atoms with Crippen LogP contribution in [0.15, 0.2) is 35.3 Å². The van der Waals surface area contributed by atoms with Crippen molar-refractivity contribution >= 4 is 15.9 Å². The first-order valence-corrected chi connectivity index (χ1v) is 7.77. The predicted molar refractivity (Wildman–Crippen MR) is 85.8 cm³/mol. The highest BCUT2D eigenvalue weighted by atomic mass is 79.9.